The largest absolute Gasteiger partial charge is 0.497 e. The van der Waals surface area contributed by atoms with Gasteiger partial charge in [-0.3, -0.25) is 4.90 Å². The van der Waals surface area contributed by atoms with Crippen molar-refractivity contribution in [1.82, 2.24) is 4.90 Å². The van der Waals surface area contributed by atoms with Gasteiger partial charge in [-0.05, 0) is 50.4 Å². The van der Waals surface area contributed by atoms with E-state index in [9.17, 15) is 0 Å². The Morgan fingerprint density at radius 2 is 2.00 bits per heavy atom. The first-order valence-electron chi connectivity index (χ1n) is 7.72. The van der Waals surface area contributed by atoms with Crippen molar-refractivity contribution in [1.29, 1.82) is 0 Å². The maximum absolute atomic E-state index is 6.12. The normalized spacial score (nSPS) is 22.8. The Morgan fingerprint density at radius 1 is 1.29 bits per heavy atom. The summed E-state index contributed by atoms with van der Waals surface area (Å²) in [6, 6.07) is 8.29. The molecular weight excluding hydrogens is 264 g/mol. The van der Waals surface area contributed by atoms with Gasteiger partial charge < -0.3 is 15.2 Å². The molecule has 118 valence electrons. The number of likely N-dealkylation sites (tertiary alicyclic amines) is 1. The molecule has 1 aliphatic heterocycles. The second kappa shape index (κ2) is 7.25. The molecule has 0 spiro atoms. The van der Waals surface area contributed by atoms with Gasteiger partial charge in [-0.2, -0.15) is 0 Å². The van der Waals surface area contributed by atoms with Crippen LogP contribution in [0.5, 0.6) is 5.75 Å². The fourth-order valence-corrected chi connectivity index (χ4v) is 3.12. The summed E-state index contributed by atoms with van der Waals surface area (Å²) in [6.45, 7) is 4.98. The Labute approximate surface area is 128 Å². The van der Waals surface area contributed by atoms with Gasteiger partial charge in [-0.25, -0.2) is 0 Å². The van der Waals surface area contributed by atoms with Gasteiger partial charge in [-0.1, -0.05) is 12.1 Å². The molecule has 0 aromatic heterocycles. The second-order valence-electron chi connectivity index (χ2n) is 6.17. The van der Waals surface area contributed by atoms with Crippen molar-refractivity contribution in [2.24, 2.45) is 5.73 Å². The molecule has 4 heteroatoms. The van der Waals surface area contributed by atoms with Crippen molar-refractivity contribution < 1.29 is 9.47 Å². The number of nitrogens with two attached hydrogens (primary N) is 1. The van der Waals surface area contributed by atoms with Crippen LogP contribution in [0.2, 0.25) is 0 Å². The van der Waals surface area contributed by atoms with Crippen LogP contribution in [-0.4, -0.2) is 50.4 Å². The fraction of sp³-hybridized carbons (Fsp3) is 0.647. The van der Waals surface area contributed by atoms with Crippen LogP contribution >= 0.6 is 0 Å². The first kappa shape index (κ1) is 16.3. The van der Waals surface area contributed by atoms with Crippen LogP contribution in [0.25, 0.3) is 0 Å². The Kier molecular flexibility index (Phi) is 5.62. The van der Waals surface area contributed by atoms with Gasteiger partial charge in [0.2, 0.25) is 0 Å². The van der Waals surface area contributed by atoms with Crippen LogP contribution in [0.4, 0.5) is 0 Å². The quantitative estimate of drug-likeness (QED) is 0.872. The van der Waals surface area contributed by atoms with Crippen LogP contribution in [0.15, 0.2) is 24.3 Å². The average molecular weight is 292 g/mol. The number of benzene rings is 1. The molecule has 2 N–H and O–H groups in total. The van der Waals surface area contributed by atoms with E-state index >= 15 is 0 Å². The van der Waals surface area contributed by atoms with Crippen molar-refractivity contribution >= 4 is 0 Å². The first-order chi connectivity index (χ1) is 10.1. The molecule has 1 heterocycles. The minimum Gasteiger partial charge on any atom is -0.497 e. The Hall–Kier alpha value is -1.10. The summed E-state index contributed by atoms with van der Waals surface area (Å²) in [5.41, 5.74) is 7.39. The molecule has 0 amide bonds. The maximum Gasteiger partial charge on any atom is 0.118 e. The molecule has 0 aliphatic carbocycles. The van der Waals surface area contributed by atoms with E-state index in [-0.39, 0.29) is 5.54 Å². The van der Waals surface area contributed by atoms with Gasteiger partial charge in [0.05, 0.1) is 13.2 Å². The highest BCUT2D eigenvalue weighted by atomic mass is 16.5. The number of hydrogen-bond acceptors (Lipinski definition) is 4. The molecule has 1 saturated heterocycles. The molecule has 1 fully saturated rings. The van der Waals surface area contributed by atoms with E-state index in [4.69, 9.17) is 15.2 Å². The summed E-state index contributed by atoms with van der Waals surface area (Å²) in [5.74, 6) is 0.894. The lowest BCUT2D eigenvalue weighted by molar-refractivity contribution is -0.0113. The minimum absolute atomic E-state index is 0.0220. The molecule has 1 aromatic rings. The maximum atomic E-state index is 6.12. The summed E-state index contributed by atoms with van der Waals surface area (Å²) in [4.78, 5) is 2.49. The number of rotatable bonds is 6. The monoisotopic (exact) mass is 292 g/mol. The fourth-order valence-electron chi connectivity index (χ4n) is 3.12. The van der Waals surface area contributed by atoms with E-state index in [1.54, 1.807) is 14.2 Å². The SMILES string of the molecule is COc1ccc(CC(C)(CN)N2CCCC(OC)C2)cc1. The van der Waals surface area contributed by atoms with Crippen molar-refractivity contribution in [3.8, 4) is 5.75 Å². The van der Waals surface area contributed by atoms with Gasteiger partial charge >= 0.3 is 0 Å². The third-order valence-electron chi connectivity index (χ3n) is 4.66. The lowest BCUT2D eigenvalue weighted by atomic mass is 9.88. The number of piperidine rings is 1. The minimum atomic E-state index is -0.0220. The van der Waals surface area contributed by atoms with E-state index in [0.29, 0.717) is 12.6 Å². The molecule has 0 saturated carbocycles. The third-order valence-corrected chi connectivity index (χ3v) is 4.66. The van der Waals surface area contributed by atoms with Crippen molar-refractivity contribution in [3.63, 3.8) is 0 Å². The predicted molar refractivity (Wildman–Crippen MR) is 85.8 cm³/mol. The standard InChI is InChI=1S/C17H28N2O2/c1-17(13-18,19-10-4-5-16(12-19)21-3)11-14-6-8-15(20-2)9-7-14/h6-9,16H,4-5,10-13,18H2,1-3H3. The van der Waals surface area contributed by atoms with Crippen LogP contribution in [-0.2, 0) is 11.2 Å². The highest BCUT2D eigenvalue weighted by Crippen LogP contribution is 2.26. The molecule has 1 aromatic carbocycles. The number of methoxy groups -OCH3 is 2. The lowest BCUT2D eigenvalue weighted by Crippen LogP contribution is -2.57. The van der Waals surface area contributed by atoms with Crippen LogP contribution in [0.1, 0.15) is 25.3 Å². The average Bonchev–Trinajstić information content (AvgIpc) is 2.55. The summed E-state index contributed by atoms with van der Waals surface area (Å²) >= 11 is 0. The summed E-state index contributed by atoms with van der Waals surface area (Å²) in [6.07, 6.45) is 3.61. The third kappa shape index (κ3) is 3.96. The first-order valence-corrected chi connectivity index (χ1v) is 7.72. The number of nitrogens with zero attached hydrogens (tertiary/aromatic N) is 1. The van der Waals surface area contributed by atoms with Gasteiger partial charge in [0.25, 0.3) is 0 Å². The molecule has 2 rings (SSSR count). The van der Waals surface area contributed by atoms with Gasteiger partial charge in [0, 0.05) is 25.7 Å². The Balaban J connectivity index is 2.08. The van der Waals surface area contributed by atoms with Gasteiger partial charge in [0.15, 0.2) is 0 Å². The van der Waals surface area contributed by atoms with E-state index < -0.39 is 0 Å². The van der Waals surface area contributed by atoms with Crippen molar-refractivity contribution in [3.05, 3.63) is 29.8 Å². The lowest BCUT2D eigenvalue weighted by Gasteiger charge is -2.45. The Morgan fingerprint density at radius 3 is 2.57 bits per heavy atom. The van der Waals surface area contributed by atoms with E-state index in [1.165, 1.54) is 12.0 Å². The summed E-state index contributed by atoms with van der Waals surface area (Å²) in [7, 11) is 3.50. The predicted octanol–water partition coefficient (Wildman–Crippen LogP) is 2.07. The van der Waals surface area contributed by atoms with E-state index in [1.807, 2.05) is 12.1 Å². The van der Waals surface area contributed by atoms with E-state index in [2.05, 4.69) is 24.0 Å². The molecule has 2 atom stereocenters. The molecule has 4 nitrogen and oxygen atoms in total. The molecule has 21 heavy (non-hydrogen) atoms. The zero-order valence-electron chi connectivity index (χ0n) is 13.5. The van der Waals surface area contributed by atoms with Crippen LogP contribution in [0, 0.1) is 0 Å². The zero-order chi connectivity index (χ0) is 15.3. The molecule has 0 bridgehead atoms. The van der Waals surface area contributed by atoms with Crippen molar-refractivity contribution in [2.75, 3.05) is 33.9 Å². The molecular formula is C17H28N2O2. The second-order valence-corrected chi connectivity index (χ2v) is 6.17. The highest BCUT2D eigenvalue weighted by Gasteiger charge is 2.34. The molecule has 0 radical (unpaired) electrons. The van der Waals surface area contributed by atoms with Gasteiger partial charge in [-0.15, -0.1) is 0 Å². The van der Waals surface area contributed by atoms with Crippen LogP contribution in [0.3, 0.4) is 0 Å². The van der Waals surface area contributed by atoms with Crippen LogP contribution < -0.4 is 10.5 Å². The zero-order valence-corrected chi connectivity index (χ0v) is 13.5. The molecule has 2 unspecified atom stereocenters. The summed E-state index contributed by atoms with van der Waals surface area (Å²) < 4.78 is 10.8. The summed E-state index contributed by atoms with van der Waals surface area (Å²) in [5, 5.41) is 0. The smallest absolute Gasteiger partial charge is 0.118 e. The number of hydrogen-bond donors (Lipinski definition) is 1. The highest BCUT2D eigenvalue weighted by molar-refractivity contribution is 5.28. The molecule has 1 aliphatic rings. The Bertz CT molecular complexity index is 435. The topological polar surface area (TPSA) is 47.7 Å². The van der Waals surface area contributed by atoms with Gasteiger partial charge in [0.1, 0.15) is 5.75 Å². The van der Waals surface area contributed by atoms with Crippen molar-refractivity contribution in [2.45, 2.75) is 37.8 Å². The van der Waals surface area contributed by atoms with E-state index in [0.717, 1.165) is 31.7 Å². The number of ether oxygens (including phenoxy) is 2.